The summed E-state index contributed by atoms with van der Waals surface area (Å²) in [5.74, 6) is 0.472. The monoisotopic (exact) mass is 223 g/mol. The van der Waals surface area contributed by atoms with Crippen LogP contribution in [0.5, 0.6) is 0 Å². The Morgan fingerprint density at radius 2 is 2.50 bits per heavy atom. The molecule has 2 heterocycles. The van der Waals surface area contributed by atoms with Crippen molar-refractivity contribution < 1.29 is 14.0 Å². The van der Waals surface area contributed by atoms with Crippen LogP contribution in [0.3, 0.4) is 0 Å². The molecule has 1 fully saturated rings. The number of carbonyl (C=O) groups is 2. The topological polar surface area (TPSA) is 83.4 Å². The van der Waals surface area contributed by atoms with E-state index in [1.165, 1.54) is 0 Å². The molecule has 1 aromatic rings. The zero-order valence-electron chi connectivity index (χ0n) is 8.66. The van der Waals surface area contributed by atoms with Crippen molar-refractivity contribution in [1.29, 1.82) is 0 Å². The molecule has 0 radical (unpaired) electrons. The average molecular weight is 223 g/mol. The smallest absolute Gasteiger partial charge is 0.239 e. The Morgan fingerprint density at radius 3 is 3.12 bits per heavy atom. The van der Waals surface area contributed by atoms with Crippen LogP contribution in [0.1, 0.15) is 5.76 Å². The van der Waals surface area contributed by atoms with Gasteiger partial charge in [0.15, 0.2) is 0 Å². The molecule has 86 valence electrons. The van der Waals surface area contributed by atoms with Gasteiger partial charge in [-0.25, -0.2) is 0 Å². The van der Waals surface area contributed by atoms with Gasteiger partial charge in [-0.15, -0.1) is 0 Å². The lowest BCUT2D eigenvalue weighted by atomic mass is 10.2. The summed E-state index contributed by atoms with van der Waals surface area (Å²) in [5, 5.41) is 8.19. The Morgan fingerprint density at radius 1 is 1.62 bits per heavy atom. The molecule has 3 N–H and O–H groups in total. The predicted molar refractivity (Wildman–Crippen MR) is 55.4 cm³/mol. The number of furan rings is 1. The molecule has 1 aliphatic rings. The maximum atomic E-state index is 11.6. The molecule has 1 atom stereocenters. The lowest BCUT2D eigenvalue weighted by Gasteiger charge is -2.22. The molecule has 1 saturated heterocycles. The molecule has 0 aliphatic carbocycles. The quantitative estimate of drug-likeness (QED) is 0.612. The van der Waals surface area contributed by atoms with Gasteiger partial charge in [0.1, 0.15) is 11.8 Å². The maximum absolute atomic E-state index is 11.6. The molecule has 2 rings (SSSR count). The van der Waals surface area contributed by atoms with Gasteiger partial charge in [0.25, 0.3) is 0 Å². The molecule has 6 nitrogen and oxygen atoms in total. The predicted octanol–water partition coefficient (Wildman–Crippen LogP) is -1.02. The number of hydrogen-bond donors (Lipinski definition) is 3. The van der Waals surface area contributed by atoms with Gasteiger partial charge in [-0.1, -0.05) is 0 Å². The molecular weight excluding hydrogens is 210 g/mol. The highest BCUT2D eigenvalue weighted by Crippen LogP contribution is 1.99. The van der Waals surface area contributed by atoms with Gasteiger partial charge < -0.3 is 15.1 Å². The van der Waals surface area contributed by atoms with E-state index in [9.17, 15) is 9.59 Å². The molecule has 1 aliphatic heterocycles. The minimum absolute atomic E-state index is 0.0879. The van der Waals surface area contributed by atoms with Crippen LogP contribution >= 0.6 is 0 Å². The molecular formula is C10H13N3O3. The summed E-state index contributed by atoms with van der Waals surface area (Å²) in [5.41, 5.74) is 0. The van der Waals surface area contributed by atoms with Crippen molar-refractivity contribution in [3.63, 3.8) is 0 Å². The first-order valence-corrected chi connectivity index (χ1v) is 5.06. The van der Waals surface area contributed by atoms with Crippen LogP contribution in [0.15, 0.2) is 22.8 Å². The molecule has 0 spiro atoms. The van der Waals surface area contributed by atoms with E-state index in [0.29, 0.717) is 18.8 Å². The zero-order chi connectivity index (χ0) is 11.4. The van der Waals surface area contributed by atoms with Crippen LogP contribution in [-0.4, -0.2) is 30.9 Å². The fourth-order valence-electron chi connectivity index (χ4n) is 1.46. The number of amides is 2. The summed E-state index contributed by atoms with van der Waals surface area (Å²) >= 11 is 0. The number of nitrogens with one attached hydrogen (secondary N) is 3. The van der Waals surface area contributed by atoms with Crippen molar-refractivity contribution in [1.82, 2.24) is 16.0 Å². The third-order valence-corrected chi connectivity index (χ3v) is 2.35. The summed E-state index contributed by atoms with van der Waals surface area (Å²) in [4.78, 5) is 22.5. The lowest BCUT2D eigenvalue weighted by molar-refractivity contribution is -0.126. The minimum atomic E-state index is -0.368. The van der Waals surface area contributed by atoms with E-state index in [4.69, 9.17) is 4.42 Å². The third-order valence-electron chi connectivity index (χ3n) is 2.35. The van der Waals surface area contributed by atoms with Gasteiger partial charge in [0.2, 0.25) is 11.8 Å². The Hall–Kier alpha value is -1.82. The van der Waals surface area contributed by atoms with Crippen molar-refractivity contribution in [2.45, 2.75) is 12.6 Å². The highest BCUT2D eigenvalue weighted by atomic mass is 16.3. The van der Waals surface area contributed by atoms with Crippen LogP contribution < -0.4 is 16.0 Å². The van der Waals surface area contributed by atoms with Crippen LogP contribution in [0, 0.1) is 0 Å². The van der Waals surface area contributed by atoms with E-state index in [-0.39, 0.29) is 24.4 Å². The first kappa shape index (κ1) is 10.7. The summed E-state index contributed by atoms with van der Waals surface area (Å²) in [6.45, 7) is 0.861. The molecule has 1 unspecified atom stereocenters. The largest absolute Gasteiger partial charge is 0.467 e. The van der Waals surface area contributed by atoms with Crippen LogP contribution in [-0.2, 0) is 16.1 Å². The number of piperazine rings is 1. The Bertz CT molecular complexity index is 365. The summed E-state index contributed by atoms with van der Waals surface area (Å²) < 4.78 is 5.08. The second-order valence-electron chi connectivity index (χ2n) is 3.53. The van der Waals surface area contributed by atoms with E-state index in [0.717, 1.165) is 0 Å². The number of rotatable bonds is 3. The van der Waals surface area contributed by atoms with Gasteiger partial charge in [-0.3, -0.25) is 14.9 Å². The van der Waals surface area contributed by atoms with Gasteiger partial charge in [-0.05, 0) is 12.1 Å². The van der Waals surface area contributed by atoms with E-state index in [2.05, 4.69) is 16.0 Å². The van der Waals surface area contributed by atoms with E-state index in [1.807, 2.05) is 0 Å². The van der Waals surface area contributed by atoms with Gasteiger partial charge in [0.05, 0.1) is 19.4 Å². The Labute approximate surface area is 92.4 Å². The van der Waals surface area contributed by atoms with Crippen LogP contribution in [0.4, 0.5) is 0 Å². The molecule has 6 heteroatoms. The fraction of sp³-hybridized carbons (Fsp3) is 0.400. The normalized spacial score (nSPS) is 20.2. The molecule has 0 bridgehead atoms. The summed E-state index contributed by atoms with van der Waals surface area (Å²) in [6, 6.07) is 3.18. The Balaban J connectivity index is 1.77. The van der Waals surface area contributed by atoms with Gasteiger partial charge in [0, 0.05) is 6.54 Å². The van der Waals surface area contributed by atoms with Crippen molar-refractivity contribution in [3.05, 3.63) is 24.2 Å². The molecule has 16 heavy (non-hydrogen) atoms. The van der Waals surface area contributed by atoms with Crippen molar-refractivity contribution in [2.75, 3.05) is 13.1 Å². The van der Waals surface area contributed by atoms with Crippen molar-refractivity contribution >= 4 is 11.8 Å². The third kappa shape index (κ3) is 2.60. The standard InChI is InChI=1S/C10H13N3O3/c14-9-6-11-8(5-12-9)10(15)13-4-7-2-1-3-16-7/h1-3,8,11H,4-6H2,(H,12,14)(H,13,15). The average Bonchev–Trinajstić information content (AvgIpc) is 2.80. The highest BCUT2D eigenvalue weighted by molar-refractivity contribution is 5.86. The first-order chi connectivity index (χ1) is 7.75. The molecule has 1 aromatic heterocycles. The fourth-order valence-corrected chi connectivity index (χ4v) is 1.46. The second-order valence-corrected chi connectivity index (χ2v) is 3.53. The van der Waals surface area contributed by atoms with E-state index >= 15 is 0 Å². The highest BCUT2D eigenvalue weighted by Gasteiger charge is 2.23. The van der Waals surface area contributed by atoms with E-state index in [1.54, 1.807) is 18.4 Å². The summed E-state index contributed by atoms with van der Waals surface area (Å²) in [7, 11) is 0. The van der Waals surface area contributed by atoms with Crippen LogP contribution in [0.25, 0.3) is 0 Å². The first-order valence-electron chi connectivity index (χ1n) is 5.06. The summed E-state index contributed by atoms with van der Waals surface area (Å²) in [6.07, 6.45) is 1.56. The zero-order valence-corrected chi connectivity index (χ0v) is 8.66. The SMILES string of the molecule is O=C1CNC(C(=O)NCc2ccco2)CN1. The minimum Gasteiger partial charge on any atom is -0.467 e. The second kappa shape index (κ2) is 4.80. The number of carbonyl (C=O) groups excluding carboxylic acids is 2. The molecule has 0 saturated carbocycles. The van der Waals surface area contributed by atoms with Crippen LogP contribution in [0.2, 0.25) is 0 Å². The van der Waals surface area contributed by atoms with Crippen molar-refractivity contribution in [3.8, 4) is 0 Å². The molecule has 2 amide bonds. The van der Waals surface area contributed by atoms with Crippen molar-refractivity contribution in [2.24, 2.45) is 0 Å². The van der Waals surface area contributed by atoms with Gasteiger partial charge in [-0.2, -0.15) is 0 Å². The maximum Gasteiger partial charge on any atom is 0.239 e. The van der Waals surface area contributed by atoms with E-state index < -0.39 is 0 Å². The number of hydrogen-bond acceptors (Lipinski definition) is 4. The van der Waals surface area contributed by atoms with Gasteiger partial charge >= 0.3 is 0 Å². The Kier molecular flexibility index (Phi) is 3.21. The molecule has 0 aromatic carbocycles. The lowest BCUT2D eigenvalue weighted by Crippen LogP contribution is -2.57.